The van der Waals surface area contributed by atoms with Crippen molar-refractivity contribution in [2.45, 2.75) is 31.7 Å². The van der Waals surface area contributed by atoms with Crippen molar-refractivity contribution in [3.8, 4) is 0 Å². The maximum absolute atomic E-state index is 12.0. The van der Waals surface area contributed by atoms with E-state index in [9.17, 15) is 8.42 Å². The van der Waals surface area contributed by atoms with Crippen LogP contribution in [0.5, 0.6) is 0 Å². The highest BCUT2D eigenvalue weighted by Gasteiger charge is 2.14. The fraction of sp³-hybridized carbons (Fsp3) is 0.500. The molecule has 0 saturated heterocycles. The third-order valence-electron chi connectivity index (χ3n) is 2.35. The van der Waals surface area contributed by atoms with E-state index < -0.39 is 10.0 Å². The van der Waals surface area contributed by atoms with Crippen molar-refractivity contribution in [1.29, 1.82) is 0 Å². The molecule has 0 amide bonds. The lowest BCUT2D eigenvalue weighted by molar-refractivity contribution is 0.559. The zero-order chi connectivity index (χ0) is 12.9. The Bertz CT molecular complexity index is 455. The highest BCUT2D eigenvalue weighted by molar-refractivity contribution is 7.89. The molecule has 17 heavy (non-hydrogen) atoms. The summed E-state index contributed by atoms with van der Waals surface area (Å²) in [5.74, 6) is 0. The van der Waals surface area contributed by atoms with Crippen LogP contribution in [-0.4, -0.2) is 27.5 Å². The average molecular weight is 256 g/mol. The molecule has 0 heterocycles. The molecule has 5 heteroatoms. The zero-order valence-electron chi connectivity index (χ0n) is 10.5. The van der Waals surface area contributed by atoms with Crippen LogP contribution in [0, 0.1) is 6.92 Å². The van der Waals surface area contributed by atoms with E-state index in [0.717, 1.165) is 5.56 Å². The van der Waals surface area contributed by atoms with Gasteiger partial charge in [0.05, 0.1) is 4.90 Å². The number of hydrogen-bond donors (Lipinski definition) is 2. The molecule has 1 aromatic rings. The van der Waals surface area contributed by atoms with Crippen molar-refractivity contribution in [2.24, 2.45) is 0 Å². The molecule has 1 aromatic carbocycles. The van der Waals surface area contributed by atoms with Gasteiger partial charge in [-0.15, -0.1) is 0 Å². The van der Waals surface area contributed by atoms with E-state index in [-0.39, 0.29) is 0 Å². The Labute approximate surface area is 103 Å². The van der Waals surface area contributed by atoms with Gasteiger partial charge in [-0.25, -0.2) is 13.1 Å². The van der Waals surface area contributed by atoms with E-state index in [2.05, 4.69) is 10.0 Å². The van der Waals surface area contributed by atoms with Crippen molar-refractivity contribution < 1.29 is 8.42 Å². The van der Waals surface area contributed by atoms with Gasteiger partial charge in [0.1, 0.15) is 0 Å². The van der Waals surface area contributed by atoms with Crippen molar-refractivity contribution in [2.75, 3.05) is 13.1 Å². The fourth-order valence-electron chi connectivity index (χ4n) is 1.48. The standard InChI is InChI=1S/C12H20N2O2S/c1-10(2)13-8-9-14-17(15,16)12-7-5-4-6-11(12)3/h4-7,10,13-14H,8-9H2,1-3H3. The first kappa shape index (κ1) is 14.2. The van der Waals surface area contributed by atoms with Gasteiger partial charge in [0, 0.05) is 19.1 Å². The molecule has 0 aliphatic carbocycles. The van der Waals surface area contributed by atoms with Crippen LogP contribution < -0.4 is 10.0 Å². The summed E-state index contributed by atoms with van der Waals surface area (Å²) in [5.41, 5.74) is 0.761. The normalized spacial score (nSPS) is 12.0. The summed E-state index contributed by atoms with van der Waals surface area (Å²) in [7, 11) is -3.38. The van der Waals surface area contributed by atoms with Crippen LogP contribution in [-0.2, 0) is 10.0 Å². The minimum Gasteiger partial charge on any atom is -0.313 e. The maximum Gasteiger partial charge on any atom is 0.240 e. The Hall–Kier alpha value is -0.910. The highest BCUT2D eigenvalue weighted by atomic mass is 32.2. The quantitative estimate of drug-likeness (QED) is 0.754. The van der Waals surface area contributed by atoms with Crippen LogP contribution in [0.3, 0.4) is 0 Å². The summed E-state index contributed by atoms with van der Waals surface area (Å²) in [6, 6.07) is 7.33. The summed E-state index contributed by atoms with van der Waals surface area (Å²) in [6.45, 7) is 6.87. The lowest BCUT2D eigenvalue weighted by Crippen LogP contribution is -2.34. The first-order valence-electron chi connectivity index (χ1n) is 5.72. The van der Waals surface area contributed by atoms with Crippen LogP contribution in [0.25, 0.3) is 0 Å². The van der Waals surface area contributed by atoms with E-state index in [1.54, 1.807) is 25.1 Å². The summed E-state index contributed by atoms with van der Waals surface area (Å²) in [6.07, 6.45) is 0. The molecule has 0 saturated carbocycles. The third kappa shape index (κ3) is 4.46. The lowest BCUT2D eigenvalue weighted by Gasteiger charge is -2.11. The number of benzene rings is 1. The fourth-order valence-corrected chi connectivity index (χ4v) is 2.76. The van der Waals surface area contributed by atoms with Gasteiger partial charge in [0.25, 0.3) is 0 Å². The molecule has 0 spiro atoms. The van der Waals surface area contributed by atoms with Gasteiger partial charge in [-0.2, -0.15) is 0 Å². The number of hydrogen-bond acceptors (Lipinski definition) is 3. The second-order valence-corrected chi connectivity index (χ2v) is 6.01. The first-order valence-corrected chi connectivity index (χ1v) is 7.20. The molecule has 1 rings (SSSR count). The van der Waals surface area contributed by atoms with E-state index >= 15 is 0 Å². The maximum atomic E-state index is 12.0. The Morgan fingerprint density at radius 2 is 1.82 bits per heavy atom. The van der Waals surface area contributed by atoms with Crippen LogP contribution in [0.1, 0.15) is 19.4 Å². The van der Waals surface area contributed by atoms with Crippen LogP contribution in [0.15, 0.2) is 29.2 Å². The molecule has 2 N–H and O–H groups in total. The molecule has 0 aliphatic rings. The van der Waals surface area contributed by atoms with Crippen LogP contribution in [0.2, 0.25) is 0 Å². The monoisotopic (exact) mass is 256 g/mol. The van der Waals surface area contributed by atoms with Crippen LogP contribution in [0.4, 0.5) is 0 Å². The molecule has 96 valence electrons. The molecule has 0 aliphatic heterocycles. The third-order valence-corrected chi connectivity index (χ3v) is 3.97. The minimum absolute atomic E-state index is 0.351. The van der Waals surface area contributed by atoms with Crippen LogP contribution >= 0.6 is 0 Å². The Kier molecular flexibility index (Phi) is 5.11. The van der Waals surface area contributed by atoms with Gasteiger partial charge in [0.2, 0.25) is 10.0 Å². The van der Waals surface area contributed by atoms with Crippen molar-refractivity contribution in [3.63, 3.8) is 0 Å². The zero-order valence-corrected chi connectivity index (χ0v) is 11.3. The summed E-state index contributed by atoms with van der Waals surface area (Å²) >= 11 is 0. The summed E-state index contributed by atoms with van der Waals surface area (Å²) < 4.78 is 26.5. The van der Waals surface area contributed by atoms with Gasteiger partial charge >= 0.3 is 0 Å². The molecule has 0 aromatic heterocycles. The molecule has 0 fully saturated rings. The first-order chi connectivity index (χ1) is 7.93. The largest absolute Gasteiger partial charge is 0.313 e. The van der Waals surface area contributed by atoms with Gasteiger partial charge in [0.15, 0.2) is 0 Å². The molecular weight excluding hydrogens is 236 g/mol. The summed E-state index contributed by atoms with van der Waals surface area (Å²) in [4.78, 5) is 0.351. The van der Waals surface area contributed by atoms with Crippen molar-refractivity contribution in [1.82, 2.24) is 10.0 Å². The molecule has 0 bridgehead atoms. The van der Waals surface area contributed by atoms with Gasteiger partial charge < -0.3 is 5.32 Å². The smallest absolute Gasteiger partial charge is 0.240 e. The Morgan fingerprint density at radius 1 is 1.18 bits per heavy atom. The number of sulfonamides is 1. The van der Waals surface area contributed by atoms with Crippen molar-refractivity contribution in [3.05, 3.63) is 29.8 Å². The Morgan fingerprint density at radius 3 is 2.41 bits per heavy atom. The van der Waals surface area contributed by atoms with E-state index in [0.29, 0.717) is 24.0 Å². The van der Waals surface area contributed by atoms with E-state index in [1.807, 2.05) is 19.9 Å². The SMILES string of the molecule is Cc1ccccc1S(=O)(=O)NCCNC(C)C. The predicted octanol–water partition coefficient (Wildman–Crippen LogP) is 1.27. The van der Waals surface area contributed by atoms with E-state index in [1.165, 1.54) is 0 Å². The molecule has 0 atom stereocenters. The molecule has 4 nitrogen and oxygen atoms in total. The average Bonchev–Trinajstić information content (AvgIpc) is 2.24. The molecule has 0 unspecified atom stereocenters. The topological polar surface area (TPSA) is 58.2 Å². The minimum atomic E-state index is -3.38. The number of aryl methyl sites for hydroxylation is 1. The van der Waals surface area contributed by atoms with Gasteiger partial charge in [-0.05, 0) is 18.6 Å². The van der Waals surface area contributed by atoms with Gasteiger partial charge in [-0.1, -0.05) is 32.0 Å². The van der Waals surface area contributed by atoms with E-state index in [4.69, 9.17) is 0 Å². The van der Waals surface area contributed by atoms with Crippen molar-refractivity contribution >= 4 is 10.0 Å². The molecule has 0 radical (unpaired) electrons. The second-order valence-electron chi connectivity index (χ2n) is 4.27. The second kappa shape index (κ2) is 6.14. The highest BCUT2D eigenvalue weighted by Crippen LogP contribution is 2.13. The van der Waals surface area contributed by atoms with Gasteiger partial charge in [-0.3, -0.25) is 0 Å². The predicted molar refractivity (Wildman–Crippen MR) is 69.5 cm³/mol. The lowest BCUT2D eigenvalue weighted by atomic mass is 10.2. The number of rotatable bonds is 6. The summed E-state index contributed by atoms with van der Waals surface area (Å²) in [5, 5.41) is 3.16. The Balaban J connectivity index is 2.61. The number of nitrogens with one attached hydrogen (secondary N) is 2. The molecular formula is C12H20N2O2S.